The Bertz CT molecular complexity index is 2500. The number of aromatic nitrogens is 12. The van der Waals surface area contributed by atoms with Crippen molar-refractivity contribution < 1.29 is 14.7 Å². The van der Waals surface area contributed by atoms with Gasteiger partial charge in [0.25, 0.3) is 0 Å². The monoisotopic (exact) mass is 1040 g/mol. The second-order valence-corrected chi connectivity index (χ2v) is 16.5. The third-order valence-corrected chi connectivity index (χ3v) is 11.5. The molecule has 0 radical (unpaired) electrons. The van der Waals surface area contributed by atoms with Gasteiger partial charge in [-0.05, 0) is 159 Å². The summed E-state index contributed by atoms with van der Waals surface area (Å²) in [6.45, 7) is 7.87. The fourth-order valence-electron chi connectivity index (χ4n) is 6.53. The number of rotatable bonds is 9. The molecule has 1 saturated carbocycles. The molecule has 0 spiro atoms. The van der Waals surface area contributed by atoms with Crippen molar-refractivity contribution in [1.82, 2.24) is 71.0 Å². The SMILES string of the molecule is CN[C@@H]1CCCC[C@H]1NC.Cc1ccc(-n2nccn2)cc1C=O.Cc1ccc(-n2nccn2)cc1CCl.Cc1ccc(-n2nccn2)cc1CO.Cc1ccc(I)cc1C=O.c1cn[nH]n1. The van der Waals surface area contributed by atoms with Gasteiger partial charge in [0.2, 0.25) is 0 Å². The number of H-pyrrole nitrogens is 1. The van der Waals surface area contributed by atoms with Gasteiger partial charge >= 0.3 is 0 Å². The van der Waals surface area contributed by atoms with Gasteiger partial charge < -0.3 is 15.7 Å². The van der Waals surface area contributed by atoms with Crippen LogP contribution in [0.5, 0.6) is 0 Å². The lowest BCUT2D eigenvalue weighted by Gasteiger charge is -2.30. The van der Waals surface area contributed by atoms with Crippen LogP contribution in [0.3, 0.4) is 0 Å². The lowest BCUT2D eigenvalue weighted by atomic mass is 9.91. The van der Waals surface area contributed by atoms with Gasteiger partial charge in [-0.3, -0.25) is 9.59 Å². The van der Waals surface area contributed by atoms with Crippen LogP contribution in [0.25, 0.3) is 17.1 Å². The fraction of sp³-hybridized carbons (Fsp3) is 0.292. The molecule has 1 aliphatic rings. The summed E-state index contributed by atoms with van der Waals surface area (Å²) in [5, 5.41) is 49.2. The maximum atomic E-state index is 10.7. The molecule has 0 amide bonds. The Morgan fingerprint density at radius 3 is 1.36 bits per heavy atom. The largest absolute Gasteiger partial charge is 0.392 e. The molecular weight excluding hydrogens is 983 g/mol. The Balaban J connectivity index is 0.000000179. The number of alkyl halides is 1. The van der Waals surface area contributed by atoms with Gasteiger partial charge in [0.1, 0.15) is 12.6 Å². The summed E-state index contributed by atoms with van der Waals surface area (Å²) in [6.07, 6.45) is 20.1. The fourth-order valence-corrected chi connectivity index (χ4v) is 7.34. The number of aryl methyl sites for hydroxylation is 4. The first kappa shape index (κ1) is 53.3. The van der Waals surface area contributed by atoms with Gasteiger partial charge in [-0.15, -0.1) is 11.6 Å². The molecule has 4 N–H and O–H groups in total. The quantitative estimate of drug-likeness (QED) is 0.0620. The lowest BCUT2D eigenvalue weighted by Crippen LogP contribution is -2.47. The van der Waals surface area contributed by atoms with E-state index in [4.69, 9.17) is 16.7 Å². The van der Waals surface area contributed by atoms with Crippen molar-refractivity contribution in [3.63, 3.8) is 0 Å². The number of aliphatic hydroxyl groups excluding tert-OH is 1. The normalized spacial score (nSPS) is 13.6. The Morgan fingerprint density at radius 1 is 0.597 bits per heavy atom. The van der Waals surface area contributed by atoms with E-state index in [0.29, 0.717) is 23.5 Å². The van der Waals surface area contributed by atoms with Gasteiger partial charge in [0.05, 0.1) is 73.2 Å². The first-order valence-electron chi connectivity index (χ1n) is 21.4. The molecule has 4 aromatic carbocycles. The molecule has 9 rings (SSSR count). The molecule has 0 saturated heterocycles. The Morgan fingerprint density at radius 2 is 0.985 bits per heavy atom. The van der Waals surface area contributed by atoms with E-state index in [1.54, 1.807) is 60.4 Å². The highest BCUT2D eigenvalue weighted by molar-refractivity contribution is 14.1. The highest BCUT2D eigenvalue weighted by atomic mass is 127. The zero-order chi connectivity index (χ0) is 48.4. The number of benzene rings is 4. The van der Waals surface area contributed by atoms with Crippen LogP contribution in [0, 0.1) is 31.3 Å². The number of aliphatic hydroxyl groups is 1. The maximum absolute atomic E-state index is 10.7. The smallest absolute Gasteiger partial charge is 0.150 e. The molecule has 1 aliphatic carbocycles. The summed E-state index contributed by atoms with van der Waals surface area (Å²) in [5.74, 6) is 0.515. The molecule has 17 nitrogen and oxygen atoms in total. The number of likely N-dealkylation sites (N-methyl/N-ethyl adjacent to an activating group) is 2. The average molecular weight is 1040 g/mol. The first-order valence-corrected chi connectivity index (χ1v) is 23.0. The molecule has 0 unspecified atom stereocenters. The molecular formula is C48H58ClIN14O3. The molecule has 8 aromatic rings. The number of aldehydes is 2. The number of hydrogen-bond donors (Lipinski definition) is 4. The van der Waals surface area contributed by atoms with Gasteiger partial charge in [0, 0.05) is 32.7 Å². The van der Waals surface area contributed by atoms with Crippen molar-refractivity contribution >= 4 is 46.8 Å². The van der Waals surface area contributed by atoms with E-state index < -0.39 is 0 Å². The minimum absolute atomic E-state index is 0.0426. The Labute approximate surface area is 409 Å². The molecule has 0 bridgehead atoms. The van der Waals surface area contributed by atoms with Crippen LogP contribution in [0.1, 0.15) is 79.8 Å². The minimum atomic E-state index is 0.0426. The number of nitrogens with zero attached hydrogens (tertiary/aromatic N) is 11. The van der Waals surface area contributed by atoms with Gasteiger partial charge in [-0.25, -0.2) is 0 Å². The van der Waals surface area contributed by atoms with Crippen LogP contribution in [-0.2, 0) is 12.5 Å². The van der Waals surface area contributed by atoms with Crippen LogP contribution < -0.4 is 10.6 Å². The van der Waals surface area contributed by atoms with Crippen molar-refractivity contribution in [3.05, 3.63) is 170 Å². The van der Waals surface area contributed by atoms with Crippen molar-refractivity contribution in [2.45, 2.75) is 77.9 Å². The second kappa shape index (κ2) is 29.3. The molecule has 19 heteroatoms. The van der Waals surface area contributed by atoms with Crippen LogP contribution in [0.4, 0.5) is 0 Å². The summed E-state index contributed by atoms with van der Waals surface area (Å²) < 4.78 is 1.10. The van der Waals surface area contributed by atoms with Gasteiger partial charge in [-0.1, -0.05) is 37.1 Å². The zero-order valence-corrected chi connectivity index (χ0v) is 41.5. The molecule has 4 aromatic heterocycles. The van der Waals surface area contributed by atoms with Crippen LogP contribution in [-0.4, -0.2) is 104 Å². The Hall–Kier alpha value is -6.32. The van der Waals surface area contributed by atoms with Crippen molar-refractivity contribution in [2.75, 3.05) is 14.1 Å². The Kier molecular flexibility index (Phi) is 23.3. The molecule has 1 fully saturated rings. The maximum Gasteiger partial charge on any atom is 0.150 e. The molecule has 352 valence electrons. The molecule has 0 aliphatic heterocycles. The predicted octanol–water partition coefficient (Wildman–Crippen LogP) is 7.72. The van der Waals surface area contributed by atoms with Crippen LogP contribution in [0.15, 0.2) is 122 Å². The highest BCUT2D eigenvalue weighted by Crippen LogP contribution is 2.18. The summed E-state index contributed by atoms with van der Waals surface area (Å²) in [5.41, 5.74) is 10.3. The van der Waals surface area contributed by atoms with Crippen molar-refractivity contribution in [1.29, 1.82) is 0 Å². The lowest BCUT2D eigenvalue weighted by molar-refractivity contribution is 0.111. The van der Waals surface area contributed by atoms with E-state index in [1.165, 1.54) is 40.8 Å². The summed E-state index contributed by atoms with van der Waals surface area (Å²) >= 11 is 8.00. The third kappa shape index (κ3) is 17.4. The van der Waals surface area contributed by atoms with E-state index in [0.717, 1.165) is 66.6 Å². The number of nitrogens with one attached hydrogen (secondary N) is 3. The number of hydrogen-bond acceptors (Lipinski definition) is 13. The number of halogens is 2. The number of carbonyl (C=O) groups is 2. The predicted molar refractivity (Wildman–Crippen MR) is 269 cm³/mol. The zero-order valence-electron chi connectivity index (χ0n) is 38.5. The van der Waals surface area contributed by atoms with Crippen LogP contribution >= 0.6 is 34.2 Å². The molecule has 4 heterocycles. The minimum Gasteiger partial charge on any atom is -0.392 e. The topological polar surface area (TPSA) is 212 Å². The van der Waals surface area contributed by atoms with Crippen molar-refractivity contribution in [3.8, 4) is 17.1 Å². The van der Waals surface area contributed by atoms with Gasteiger partial charge in [-0.2, -0.15) is 60.4 Å². The van der Waals surface area contributed by atoms with E-state index in [1.807, 2.05) is 94.4 Å². The highest BCUT2D eigenvalue weighted by Gasteiger charge is 2.21. The number of carbonyl (C=O) groups excluding carboxylic acids is 2. The van der Waals surface area contributed by atoms with Gasteiger partial charge in [0.15, 0.2) is 0 Å². The van der Waals surface area contributed by atoms with Crippen LogP contribution in [0.2, 0.25) is 0 Å². The van der Waals surface area contributed by atoms with E-state index in [9.17, 15) is 9.59 Å². The summed E-state index contributed by atoms with van der Waals surface area (Å²) in [7, 11) is 4.11. The van der Waals surface area contributed by atoms with E-state index in [2.05, 4.69) is 93.3 Å². The molecule has 2 atom stereocenters. The van der Waals surface area contributed by atoms with E-state index >= 15 is 0 Å². The average Bonchev–Trinajstić information content (AvgIpc) is 4.24. The summed E-state index contributed by atoms with van der Waals surface area (Å²) in [4.78, 5) is 25.7. The van der Waals surface area contributed by atoms with E-state index in [-0.39, 0.29) is 6.61 Å². The second-order valence-electron chi connectivity index (χ2n) is 15.0. The van der Waals surface area contributed by atoms with Crippen molar-refractivity contribution in [2.24, 2.45) is 0 Å². The molecule has 67 heavy (non-hydrogen) atoms. The number of aromatic amines is 1. The third-order valence-electron chi connectivity index (χ3n) is 10.5. The summed E-state index contributed by atoms with van der Waals surface area (Å²) in [6, 6.07) is 24.5. The standard InChI is InChI=1S/C10H10ClN3.C10H11N3O.C10H9N3O.C8H7IO.C8H18N2.C2H3N3/c1-8-2-3-10(6-9(8)7-11)14-12-4-5-13-14;2*1-8-2-3-10(6-9(8)7-14)13-11-4-5-12-13;1-6-2-3-8(9)4-7(6)5-10;1-9-7-5-3-4-6-8(7)10-2;1-2-4-5-3-1/h2-6H,7H2,1H3;2-6,14H,7H2,1H3;2-7H,1H3;2-5H,1H3;7-10H,3-6H2,1-2H3;1-2H,(H,3,4,5)/t;;;;7-,8-;/m....1./s1. The first-order chi connectivity index (χ1) is 32.5.